The van der Waals surface area contributed by atoms with Gasteiger partial charge in [0, 0.05) is 23.2 Å². The third kappa shape index (κ3) is 4.05. The standard InChI is InChI=1S/C21H28N2O3/c1-7-18(16-8-10-17(26-6)11-9-16)22-14(4)21(25)20-12(2)19(15(5)24)13(3)23-20/h8-11,14,18,22-23H,7H2,1-6H3/p+1/t14-,18-/m1/s1. The van der Waals surface area contributed by atoms with Crippen molar-refractivity contribution >= 4 is 11.6 Å². The molecule has 5 nitrogen and oxygen atoms in total. The zero-order chi connectivity index (χ0) is 19.4. The van der Waals surface area contributed by atoms with E-state index in [1.54, 1.807) is 7.11 Å². The van der Waals surface area contributed by atoms with Crippen LogP contribution in [0.4, 0.5) is 0 Å². The molecule has 0 aliphatic heterocycles. The number of nitrogens with one attached hydrogen (secondary N) is 1. The zero-order valence-electron chi connectivity index (χ0n) is 16.5. The van der Waals surface area contributed by atoms with Crippen LogP contribution in [0, 0.1) is 13.8 Å². The minimum atomic E-state index is -0.251. The summed E-state index contributed by atoms with van der Waals surface area (Å²) in [5.74, 6) is 0.823. The van der Waals surface area contributed by atoms with Crippen LogP contribution in [0.25, 0.3) is 0 Å². The molecular weight excluding hydrogens is 328 g/mol. The molecule has 0 aliphatic carbocycles. The van der Waals surface area contributed by atoms with Gasteiger partial charge in [0.2, 0.25) is 5.78 Å². The molecule has 5 heteroatoms. The smallest absolute Gasteiger partial charge is 0.235 e. The Balaban J connectivity index is 2.19. The average Bonchev–Trinajstić information content (AvgIpc) is 2.93. The van der Waals surface area contributed by atoms with Gasteiger partial charge in [0.05, 0.1) is 12.8 Å². The maximum atomic E-state index is 12.9. The Morgan fingerprint density at radius 2 is 1.81 bits per heavy atom. The van der Waals surface area contributed by atoms with Crippen LogP contribution in [-0.4, -0.2) is 29.7 Å². The van der Waals surface area contributed by atoms with E-state index in [-0.39, 0.29) is 23.7 Å². The molecule has 26 heavy (non-hydrogen) atoms. The monoisotopic (exact) mass is 357 g/mol. The van der Waals surface area contributed by atoms with Crippen LogP contribution in [0.2, 0.25) is 0 Å². The van der Waals surface area contributed by atoms with E-state index in [1.165, 1.54) is 6.92 Å². The maximum absolute atomic E-state index is 12.9. The second-order valence-corrected chi connectivity index (χ2v) is 6.81. The second-order valence-electron chi connectivity index (χ2n) is 6.81. The lowest BCUT2D eigenvalue weighted by Crippen LogP contribution is -2.91. The highest BCUT2D eigenvalue weighted by Gasteiger charge is 2.27. The van der Waals surface area contributed by atoms with Gasteiger partial charge < -0.3 is 15.0 Å². The fourth-order valence-electron chi connectivity index (χ4n) is 3.52. The Labute approximate surface area is 155 Å². The van der Waals surface area contributed by atoms with Gasteiger partial charge in [0.15, 0.2) is 5.78 Å². The molecule has 0 fully saturated rings. The lowest BCUT2D eigenvalue weighted by molar-refractivity contribution is -0.712. The number of Topliss-reactive ketones (excluding diaryl/α,β-unsaturated/α-hetero) is 2. The van der Waals surface area contributed by atoms with E-state index in [0.29, 0.717) is 11.3 Å². The van der Waals surface area contributed by atoms with Crippen LogP contribution in [0.5, 0.6) is 5.75 Å². The quantitative estimate of drug-likeness (QED) is 0.713. The Kier molecular flexibility index (Phi) is 6.37. The minimum Gasteiger partial charge on any atom is -0.497 e. The second kappa shape index (κ2) is 8.32. The third-order valence-electron chi connectivity index (χ3n) is 4.95. The molecule has 0 saturated heterocycles. The van der Waals surface area contributed by atoms with Crippen molar-refractivity contribution in [3.05, 3.63) is 52.3 Å². The number of aromatic amines is 1. The van der Waals surface area contributed by atoms with Crippen molar-refractivity contribution in [1.29, 1.82) is 0 Å². The molecule has 0 radical (unpaired) electrons. The number of carbonyl (C=O) groups excluding carboxylic acids is 2. The van der Waals surface area contributed by atoms with Crippen molar-refractivity contribution in [2.24, 2.45) is 0 Å². The summed E-state index contributed by atoms with van der Waals surface area (Å²) in [6, 6.07) is 7.89. The molecule has 1 aromatic carbocycles. The number of methoxy groups -OCH3 is 1. The van der Waals surface area contributed by atoms with E-state index in [4.69, 9.17) is 4.74 Å². The van der Waals surface area contributed by atoms with Gasteiger partial charge in [-0.3, -0.25) is 9.59 Å². The normalized spacial score (nSPS) is 13.3. The Hall–Kier alpha value is -2.40. The molecule has 2 aromatic rings. The molecule has 1 aromatic heterocycles. The van der Waals surface area contributed by atoms with Gasteiger partial charge in [-0.05, 0) is 57.5 Å². The molecule has 2 atom stereocenters. The summed E-state index contributed by atoms with van der Waals surface area (Å²) in [4.78, 5) is 27.9. The maximum Gasteiger partial charge on any atom is 0.235 e. The first-order valence-electron chi connectivity index (χ1n) is 9.03. The number of ether oxygens (including phenoxy) is 1. The number of ketones is 2. The highest BCUT2D eigenvalue weighted by Crippen LogP contribution is 2.20. The lowest BCUT2D eigenvalue weighted by Gasteiger charge is -2.19. The van der Waals surface area contributed by atoms with Crippen LogP contribution < -0.4 is 10.1 Å². The van der Waals surface area contributed by atoms with Crippen molar-refractivity contribution in [3.63, 3.8) is 0 Å². The zero-order valence-corrected chi connectivity index (χ0v) is 16.5. The molecule has 1 heterocycles. The molecule has 0 bridgehead atoms. The van der Waals surface area contributed by atoms with E-state index in [9.17, 15) is 9.59 Å². The van der Waals surface area contributed by atoms with Crippen molar-refractivity contribution < 1.29 is 19.6 Å². The summed E-state index contributed by atoms with van der Waals surface area (Å²) >= 11 is 0. The molecule has 0 amide bonds. The molecular formula is C21H29N2O3+. The van der Waals surface area contributed by atoms with E-state index in [1.807, 2.05) is 45.0 Å². The fourth-order valence-corrected chi connectivity index (χ4v) is 3.52. The molecule has 0 aliphatic rings. The number of quaternary nitrogens is 1. The molecule has 0 saturated carbocycles. The van der Waals surface area contributed by atoms with Gasteiger partial charge in [-0.25, -0.2) is 0 Å². The predicted octanol–water partition coefficient (Wildman–Crippen LogP) is 3.13. The summed E-state index contributed by atoms with van der Waals surface area (Å²) in [5, 5.41) is 2.09. The molecule has 2 rings (SSSR count). The highest BCUT2D eigenvalue weighted by molar-refractivity contribution is 6.04. The Bertz CT molecular complexity index is 790. The van der Waals surface area contributed by atoms with E-state index in [2.05, 4.69) is 17.2 Å². The summed E-state index contributed by atoms with van der Waals surface area (Å²) in [5.41, 5.74) is 3.84. The van der Waals surface area contributed by atoms with Crippen LogP contribution in [0.1, 0.15) is 70.9 Å². The summed E-state index contributed by atoms with van der Waals surface area (Å²) in [7, 11) is 1.65. The van der Waals surface area contributed by atoms with Crippen molar-refractivity contribution in [2.45, 2.75) is 53.1 Å². The van der Waals surface area contributed by atoms with E-state index in [0.717, 1.165) is 29.0 Å². The summed E-state index contributed by atoms with van der Waals surface area (Å²) in [6.45, 7) is 9.23. The number of benzene rings is 1. The van der Waals surface area contributed by atoms with Crippen LogP contribution in [-0.2, 0) is 0 Å². The van der Waals surface area contributed by atoms with E-state index >= 15 is 0 Å². The van der Waals surface area contributed by atoms with Crippen molar-refractivity contribution in [1.82, 2.24) is 4.98 Å². The topological polar surface area (TPSA) is 75.8 Å². The number of aromatic nitrogens is 1. The highest BCUT2D eigenvalue weighted by atomic mass is 16.5. The molecule has 3 N–H and O–H groups in total. The number of hydrogen-bond donors (Lipinski definition) is 2. The van der Waals surface area contributed by atoms with Gasteiger partial charge in [-0.15, -0.1) is 0 Å². The van der Waals surface area contributed by atoms with Gasteiger partial charge in [0.25, 0.3) is 0 Å². The Morgan fingerprint density at radius 1 is 1.19 bits per heavy atom. The molecule has 0 unspecified atom stereocenters. The Morgan fingerprint density at radius 3 is 2.27 bits per heavy atom. The van der Waals surface area contributed by atoms with E-state index < -0.39 is 0 Å². The fraction of sp³-hybridized carbons (Fsp3) is 0.429. The van der Waals surface area contributed by atoms with Crippen LogP contribution in [0.3, 0.4) is 0 Å². The first-order valence-corrected chi connectivity index (χ1v) is 9.03. The SMILES string of the molecule is CC[C@@H]([NH2+][C@H](C)C(=O)c1[nH]c(C)c(C(C)=O)c1C)c1ccc(OC)cc1. The number of hydrogen-bond acceptors (Lipinski definition) is 3. The number of rotatable bonds is 8. The number of nitrogens with two attached hydrogens (primary N) is 1. The third-order valence-corrected chi connectivity index (χ3v) is 4.95. The summed E-state index contributed by atoms with van der Waals surface area (Å²) < 4.78 is 5.21. The van der Waals surface area contributed by atoms with Crippen LogP contribution >= 0.6 is 0 Å². The van der Waals surface area contributed by atoms with Gasteiger partial charge >= 0.3 is 0 Å². The van der Waals surface area contributed by atoms with Crippen molar-refractivity contribution in [3.8, 4) is 5.75 Å². The average molecular weight is 357 g/mol. The van der Waals surface area contributed by atoms with Gasteiger partial charge in [-0.2, -0.15) is 0 Å². The predicted molar refractivity (Wildman–Crippen MR) is 102 cm³/mol. The van der Waals surface area contributed by atoms with Gasteiger partial charge in [-0.1, -0.05) is 6.92 Å². The lowest BCUT2D eigenvalue weighted by atomic mass is 10.00. The largest absolute Gasteiger partial charge is 0.497 e. The first-order chi connectivity index (χ1) is 12.3. The number of carbonyl (C=O) groups is 2. The number of aryl methyl sites for hydroxylation is 1. The summed E-state index contributed by atoms with van der Waals surface area (Å²) in [6.07, 6.45) is 0.908. The minimum absolute atomic E-state index is 0.0170. The molecule has 140 valence electrons. The molecule has 0 spiro atoms. The first kappa shape index (κ1) is 19.9. The van der Waals surface area contributed by atoms with Crippen molar-refractivity contribution in [2.75, 3.05) is 7.11 Å². The number of H-pyrrole nitrogens is 1. The van der Waals surface area contributed by atoms with Crippen LogP contribution in [0.15, 0.2) is 24.3 Å². The van der Waals surface area contributed by atoms with Gasteiger partial charge in [0.1, 0.15) is 17.8 Å².